The summed E-state index contributed by atoms with van der Waals surface area (Å²) in [6.07, 6.45) is 1.75. The summed E-state index contributed by atoms with van der Waals surface area (Å²) in [5.41, 5.74) is 11.6. The summed E-state index contributed by atoms with van der Waals surface area (Å²) in [4.78, 5) is 4.59. The molecule has 0 spiro atoms. The van der Waals surface area contributed by atoms with E-state index >= 15 is 0 Å². The molecule has 0 heterocycles. The van der Waals surface area contributed by atoms with Crippen molar-refractivity contribution in [1.29, 1.82) is 0 Å². The number of allylic oxidation sites excluding steroid dienone is 2. The molecule has 0 unspecified atom stereocenters. The smallest absolute Gasteiger partial charge is 0.119 e. The summed E-state index contributed by atoms with van der Waals surface area (Å²) in [6.45, 7) is 9.03. The van der Waals surface area contributed by atoms with Gasteiger partial charge in [-0.3, -0.25) is 0 Å². The van der Waals surface area contributed by atoms with Crippen LogP contribution in [0.15, 0.2) is 158 Å². The van der Waals surface area contributed by atoms with Crippen LogP contribution in [-0.4, -0.2) is 73.5 Å². The molecule has 298 valence electrons. The highest BCUT2D eigenvalue weighted by Gasteiger charge is 2.15. The highest BCUT2D eigenvalue weighted by Crippen LogP contribution is 2.37. The van der Waals surface area contributed by atoms with E-state index in [0.717, 1.165) is 83.9 Å². The fourth-order valence-corrected chi connectivity index (χ4v) is 7.25. The van der Waals surface area contributed by atoms with Crippen molar-refractivity contribution in [1.82, 2.24) is 9.80 Å². The lowest BCUT2D eigenvalue weighted by atomic mass is 9.88. The molecule has 0 saturated carbocycles. The van der Waals surface area contributed by atoms with Crippen molar-refractivity contribution < 1.29 is 19.7 Å². The van der Waals surface area contributed by atoms with Gasteiger partial charge in [-0.05, 0) is 131 Å². The van der Waals surface area contributed by atoms with Crippen molar-refractivity contribution in [3.05, 3.63) is 191 Å². The van der Waals surface area contributed by atoms with Crippen molar-refractivity contribution in [3.8, 4) is 23.0 Å². The second-order valence-corrected chi connectivity index (χ2v) is 14.6. The molecule has 0 aliphatic carbocycles. The molecule has 6 nitrogen and oxygen atoms in total. The number of hydrogen-bond acceptors (Lipinski definition) is 6. The van der Waals surface area contributed by atoms with Gasteiger partial charge in [0.05, 0.1) is 0 Å². The average molecular weight is 773 g/mol. The molecule has 6 rings (SSSR count). The van der Waals surface area contributed by atoms with Crippen LogP contribution in [0, 0.1) is 0 Å². The summed E-state index contributed by atoms with van der Waals surface area (Å²) in [6, 6.07) is 52.6. The van der Waals surface area contributed by atoms with Crippen LogP contribution in [0.5, 0.6) is 23.0 Å². The Balaban J connectivity index is 0.975. The summed E-state index contributed by atoms with van der Waals surface area (Å²) in [7, 11) is 4.26. The Bertz CT molecular complexity index is 2050. The molecular weight excluding hydrogens is 717 g/mol. The first kappa shape index (κ1) is 41.6. The minimum absolute atomic E-state index is 0.258. The van der Waals surface area contributed by atoms with E-state index in [9.17, 15) is 10.2 Å². The first-order chi connectivity index (χ1) is 28.3. The van der Waals surface area contributed by atoms with E-state index in [2.05, 4.69) is 111 Å². The molecule has 0 amide bonds. The minimum atomic E-state index is 0.258. The molecule has 0 aliphatic heterocycles. The number of hydrogen-bond donors (Lipinski definition) is 2. The zero-order chi connectivity index (χ0) is 40.7. The number of aromatic hydroxyl groups is 2. The van der Waals surface area contributed by atoms with Gasteiger partial charge in [-0.1, -0.05) is 123 Å². The average Bonchev–Trinajstić information content (AvgIpc) is 3.26. The molecular formula is C52H56N2O4. The van der Waals surface area contributed by atoms with Crippen LogP contribution in [-0.2, 0) is 0 Å². The van der Waals surface area contributed by atoms with E-state index in [-0.39, 0.29) is 11.5 Å². The van der Waals surface area contributed by atoms with Gasteiger partial charge in [0.25, 0.3) is 0 Å². The third kappa shape index (κ3) is 11.3. The second kappa shape index (κ2) is 20.9. The lowest BCUT2D eigenvalue weighted by molar-refractivity contribution is 0.195. The number of phenolic OH excluding ortho intramolecular Hbond substituents is 2. The Morgan fingerprint density at radius 3 is 1.02 bits per heavy atom. The van der Waals surface area contributed by atoms with Crippen LogP contribution in [0.4, 0.5) is 0 Å². The van der Waals surface area contributed by atoms with Crippen molar-refractivity contribution in [2.24, 2.45) is 0 Å². The number of rotatable bonds is 19. The summed E-state index contributed by atoms with van der Waals surface area (Å²) in [5.74, 6) is 2.20. The molecule has 0 aromatic heterocycles. The van der Waals surface area contributed by atoms with Crippen molar-refractivity contribution in [2.75, 3.05) is 53.5 Å². The van der Waals surface area contributed by atoms with Crippen LogP contribution in [0.3, 0.4) is 0 Å². The predicted octanol–water partition coefficient (Wildman–Crippen LogP) is 11.2. The SMILES string of the molecule is CC/C(=C(\c1ccc(O)cc1)c1ccc(OCCN(C)CCN(C)CCOc2ccc(/C(=C(/CC)c3ccccc3)c3ccc(O)cc3)cc2)cc1)c1ccccc1. The maximum atomic E-state index is 9.96. The molecule has 58 heavy (non-hydrogen) atoms. The molecule has 0 fully saturated rings. The zero-order valence-corrected chi connectivity index (χ0v) is 34.3. The number of phenols is 2. The minimum Gasteiger partial charge on any atom is -0.508 e. The van der Waals surface area contributed by atoms with E-state index < -0.39 is 0 Å². The van der Waals surface area contributed by atoms with E-state index in [4.69, 9.17) is 9.47 Å². The lowest BCUT2D eigenvalue weighted by Crippen LogP contribution is -2.34. The largest absolute Gasteiger partial charge is 0.508 e. The molecule has 6 aromatic carbocycles. The molecule has 2 N–H and O–H groups in total. The summed E-state index contributed by atoms with van der Waals surface area (Å²) >= 11 is 0. The van der Waals surface area contributed by atoms with Gasteiger partial charge in [-0.15, -0.1) is 0 Å². The number of ether oxygens (including phenoxy) is 2. The molecule has 0 atom stereocenters. The van der Waals surface area contributed by atoms with Crippen molar-refractivity contribution in [2.45, 2.75) is 26.7 Å². The van der Waals surface area contributed by atoms with Crippen molar-refractivity contribution in [3.63, 3.8) is 0 Å². The van der Waals surface area contributed by atoms with Gasteiger partial charge in [0.15, 0.2) is 0 Å². The Kier molecular flexibility index (Phi) is 15.0. The summed E-state index contributed by atoms with van der Waals surface area (Å²) in [5, 5.41) is 19.9. The maximum absolute atomic E-state index is 9.96. The van der Waals surface area contributed by atoms with Crippen LogP contribution in [0.25, 0.3) is 22.3 Å². The standard InChI is InChI=1S/C52H56N2O4/c1-5-49(39-13-9-7-10-14-39)51(41-17-25-45(55)26-18-41)43-21-29-47(30-22-43)57-37-35-53(3)33-34-54(4)36-38-58-48-31-23-44(24-32-48)52(42-19-27-46(56)28-20-42)50(6-2)40-15-11-8-12-16-40/h7-32,55-56H,5-6,33-38H2,1-4H3/b51-49-,52-50-. The number of benzene rings is 6. The zero-order valence-electron chi connectivity index (χ0n) is 34.3. The van der Waals surface area contributed by atoms with E-state index in [1.54, 1.807) is 24.3 Å². The normalized spacial score (nSPS) is 12.3. The molecule has 0 saturated heterocycles. The molecule has 0 aliphatic rings. The third-order valence-corrected chi connectivity index (χ3v) is 10.5. The molecule has 6 aromatic rings. The van der Waals surface area contributed by atoms with E-state index in [1.165, 1.54) is 22.3 Å². The van der Waals surface area contributed by atoms with E-state index in [0.29, 0.717) is 13.2 Å². The number of nitrogens with zero attached hydrogens (tertiary/aromatic N) is 2. The summed E-state index contributed by atoms with van der Waals surface area (Å²) < 4.78 is 12.4. The number of likely N-dealkylation sites (N-methyl/N-ethyl adjacent to an activating group) is 2. The predicted molar refractivity (Wildman–Crippen MR) is 240 cm³/mol. The van der Waals surface area contributed by atoms with Gasteiger partial charge >= 0.3 is 0 Å². The highest BCUT2D eigenvalue weighted by molar-refractivity contribution is 5.99. The Labute approximate surface area is 345 Å². The third-order valence-electron chi connectivity index (χ3n) is 10.5. The Morgan fingerprint density at radius 2 is 0.707 bits per heavy atom. The van der Waals surface area contributed by atoms with Crippen LogP contribution in [0.2, 0.25) is 0 Å². The van der Waals surface area contributed by atoms with Gasteiger partial charge < -0.3 is 29.5 Å². The molecule has 6 heteroatoms. The first-order valence-corrected chi connectivity index (χ1v) is 20.3. The van der Waals surface area contributed by atoms with E-state index in [1.807, 2.05) is 60.7 Å². The molecule has 0 radical (unpaired) electrons. The van der Waals surface area contributed by atoms with Crippen LogP contribution < -0.4 is 9.47 Å². The van der Waals surface area contributed by atoms with Crippen LogP contribution in [0.1, 0.15) is 60.1 Å². The van der Waals surface area contributed by atoms with Gasteiger partial charge in [-0.25, -0.2) is 0 Å². The topological polar surface area (TPSA) is 65.4 Å². The maximum Gasteiger partial charge on any atom is 0.119 e. The second-order valence-electron chi connectivity index (χ2n) is 14.6. The van der Waals surface area contributed by atoms with Crippen molar-refractivity contribution >= 4 is 22.3 Å². The highest BCUT2D eigenvalue weighted by atomic mass is 16.5. The molecule has 0 bridgehead atoms. The lowest BCUT2D eigenvalue weighted by Gasteiger charge is -2.22. The first-order valence-electron chi connectivity index (χ1n) is 20.3. The van der Waals surface area contributed by atoms with Gasteiger partial charge in [0.1, 0.15) is 36.2 Å². The Hall–Kier alpha value is -6.08. The monoisotopic (exact) mass is 772 g/mol. The quantitative estimate of drug-likeness (QED) is 0.0800. The Morgan fingerprint density at radius 1 is 0.397 bits per heavy atom. The van der Waals surface area contributed by atoms with Gasteiger partial charge in [-0.2, -0.15) is 0 Å². The fourth-order valence-electron chi connectivity index (χ4n) is 7.25. The van der Waals surface area contributed by atoms with Gasteiger partial charge in [0, 0.05) is 26.2 Å². The van der Waals surface area contributed by atoms with Gasteiger partial charge in [0.2, 0.25) is 0 Å². The fraction of sp³-hybridized carbons (Fsp3) is 0.231. The van der Waals surface area contributed by atoms with Crippen LogP contribution >= 0.6 is 0 Å².